The normalized spacial score (nSPS) is 27.0. The lowest BCUT2D eigenvalue weighted by atomic mass is 9.81. The first-order valence-electron chi connectivity index (χ1n) is 8.22. The molecule has 2 heteroatoms. The van der Waals surface area contributed by atoms with E-state index >= 15 is 0 Å². The molecule has 0 saturated heterocycles. The van der Waals surface area contributed by atoms with E-state index in [2.05, 4.69) is 43.1 Å². The van der Waals surface area contributed by atoms with Gasteiger partial charge in [-0.05, 0) is 48.1 Å². The van der Waals surface area contributed by atoms with Crippen molar-refractivity contribution in [1.82, 2.24) is 4.98 Å². The fraction of sp³-hybridized carbons (Fsp3) is 0.526. The molecular weight excluding hydrogens is 256 g/mol. The molecule has 1 heterocycles. The number of fused-ring (bicyclic) bond motifs is 1. The summed E-state index contributed by atoms with van der Waals surface area (Å²) < 4.78 is 0. The predicted octanol–water partition coefficient (Wildman–Crippen LogP) is 4.63. The molecule has 112 valence electrons. The lowest BCUT2D eigenvalue weighted by Crippen LogP contribution is -2.36. The summed E-state index contributed by atoms with van der Waals surface area (Å²) in [6, 6.07) is 8.57. The number of hydrogen-bond acceptors (Lipinski definition) is 2. The van der Waals surface area contributed by atoms with Crippen molar-refractivity contribution in [3.8, 4) is 0 Å². The van der Waals surface area contributed by atoms with Crippen LogP contribution in [0.5, 0.6) is 0 Å². The SMILES string of the molecule is CC(C)C1CCCC(N)(c2cccc3ccncc23)CC1. The minimum absolute atomic E-state index is 0.188. The standard InChI is InChI=1S/C19H26N2/c1-14(2)15-6-4-10-19(20,11-8-15)18-7-3-5-16-9-12-21-13-17(16)18/h3,5,7,9,12-15H,4,6,8,10-11,20H2,1-2H3. The van der Waals surface area contributed by atoms with Crippen LogP contribution in [-0.2, 0) is 5.54 Å². The number of pyridine rings is 1. The van der Waals surface area contributed by atoms with Crippen molar-refractivity contribution < 1.29 is 0 Å². The predicted molar refractivity (Wildman–Crippen MR) is 89.0 cm³/mol. The highest BCUT2D eigenvalue weighted by molar-refractivity contribution is 5.85. The Morgan fingerprint density at radius 1 is 1.19 bits per heavy atom. The monoisotopic (exact) mass is 282 g/mol. The fourth-order valence-electron chi connectivity index (χ4n) is 3.88. The van der Waals surface area contributed by atoms with Gasteiger partial charge in [0.05, 0.1) is 0 Å². The topological polar surface area (TPSA) is 38.9 Å². The van der Waals surface area contributed by atoms with Gasteiger partial charge in [-0.25, -0.2) is 0 Å². The number of nitrogens with two attached hydrogens (primary N) is 1. The maximum Gasteiger partial charge on any atom is 0.0416 e. The highest BCUT2D eigenvalue weighted by Crippen LogP contribution is 2.40. The highest BCUT2D eigenvalue weighted by atomic mass is 14.7. The lowest BCUT2D eigenvalue weighted by molar-refractivity contribution is 0.326. The second-order valence-corrected chi connectivity index (χ2v) is 6.99. The maximum atomic E-state index is 6.88. The molecular formula is C19H26N2. The van der Waals surface area contributed by atoms with Crippen LogP contribution in [0.15, 0.2) is 36.7 Å². The molecule has 2 aromatic rings. The maximum absolute atomic E-state index is 6.88. The third-order valence-electron chi connectivity index (χ3n) is 5.32. The van der Waals surface area contributed by atoms with Gasteiger partial charge >= 0.3 is 0 Å². The molecule has 1 saturated carbocycles. The molecule has 0 amide bonds. The van der Waals surface area contributed by atoms with Crippen LogP contribution in [0.25, 0.3) is 10.8 Å². The van der Waals surface area contributed by atoms with Crippen LogP contribution in [0.3, 0.4) is 0 Å². The summed E-state index contributed by atoms with van der Waals surface area (Å²) in [5.74, 6) is 1.59. The second kappa shape index (κ2) is 5.76. The summed E-state index contributed by atoms with van der Waals surface area (Å²) in [5, 5.41) is 2.47. The Morgan fingerprint density at radius 3 is 2.86 bits per heavy atom. The molecule has 0 aliphatic heterocycles. The first kappa shape index (κ1) is 14.5. The minimum atomic E-state index is -0.188. The number of benzene rings is 1. The van der Waals surface area contributed by atoms with Crippen molar-refractivity contribution in [1.29, 1.82) is 0 Å². The van der Waals surface area contributed by atoms with E-state index in [0.29, 0.717) is 0 Å². The van der Waals surface area contributed by atoms with Gasteiger partial charge in [0.15, 0.2) is 0 Å². The van der Waals surface area contributed by atoms with Crippen molar-refractivity contribution in [2.45, 2.75) is 51.5 Å². The van der Waals surface area contributed by atoms with Crippen molar-refractivity contribution in [2.24, 2.45) is 17.6 Å². The molecule has 1 aliphatic carbocycles. The van der Waals surface area contributed by atoms with Crippen molar-refractivity contribution in [3.63, 3.8) is 0 Å². The van der Waals surface area contributed by atoms with Gasteiger partial charge < -0.3 is 5.73 Å². The van der Waals surface area contributed by atoms with Gasteiger partial charge in [0.25, 0.3) is 0 Å². The Bertz CT molecular complexity index is 614. The van der Waals surface area contributed by atoms with Gasteiger partial charge in [-0.3, -0.25) is 4.98 Å². The molecule has 2 unspecified atom stereocenters. The van der Waals surface area contributed by atoms with Crippen molar-refractivity contribution in [2.75, 3.05) is 0 Å². The molecule has 1 aromatic heterocycles. The number of nitrogens with zero attached hydrogens (tertiary/aromatic N) is 1. The molecule has 2 atom stereocenters. The van der Waals surface area contributed by atoms with Gasteiger partial charge in [-0.1, -0.05) is 44.9 Å². The first-order valence-corrected chi connectivity index (χ1v) is 8.22. The summed E-state index contributed by atoms with van der Waals surface area (Å²) in [6.45, 7) is 4.69. The fourth-order valence-corrected chi connectivity index (χ4v) is 3.88. The summed E-state index contributed by atoms with van der Waals surface area (Å²) >= 11 is 0. The number of aromatic nitrogens is 1. The second-order valence-electron chi connectivity index (χ2n) is 6.99. The Morgan fingerprint density at radius 2 is 2.05 bits per heavy atom. The van der Waals surface area contributed by atoms with E-state index in [9.17, 15) is 0 Å². The van der Waals surface area contributed by atoms with Crippen molar-refractivity contribution in [3.05, 3.63) is 42.2 Å². The Labute approximate surface area is 127 Å². The molecule has 3 rings (SSSR count). The number of hydrogen-bond donors (Lipinski definition) is 1. The zero-order chi connectivity index (χ0) is 14.9. The van der Waals surface area contributed by atoms with E-state index in [4.69, 9.17) is 5.73 Å². The number of rotatable bonds is 2. The van der Waals surface area contributed by atoms with E-state index < -0.39 is 0 Å². The van der Waals surface area contributed by atoms with Gasteiger partial charge in [-0.15, -0.1) is 0 Å². The smallest absolute Gasteiger partial charge is 0.0416 e. The third kappa shape index (κ3) is 2.82. The molecule has 21 heavy (non-hydrogen) atoms. The molecule has 2 nitrogen and oxygen atoms in total. The molecule has 1 aromatic carbocycles. The van der Waals surface area contributed by atoms with Gasteiger partial charge in [0, 0.05) is 23.3 Å². The zero-order valence-electron chi connectivity index (χ0n) is 13.2. The molecule has 1 fully saturated rings. The summed E-state index contributed by atoms with van der Waals surface area (Å²) in [4.78, 5) is 4.31. The van der Waals surface area contributed by atoms with Crippen LogP contribution < -0.4 is 5.73 Å². The van der Waals surface area contributed by atoms with E-state index in [-0.39, 0.29) is 5.54 Å². The van der Waals surface area contributed by atoms with Gasteiger partial charge in [0.2, 0.25) is 0 Å². The van der Waals surface area contributed by atoms with E-state index in [0.717, 1.165) is 24.7 Å². The lowest BCUT2D eigenvalue weighted by Gasteiger charge is -2.30. The highest BCUT2D eigenvalue weighted by Gasteiger charge is 2.32. The van der Waals surface area contributed by atoms with E-state index in [1.54, 1.807) is 0 Å². The minimum Gasteiger partial charge on any atom is -0.321 e. The molecule has 0 radical (unpaired) electrons. The van der Waals surface area contributed by atoms with Crippen LogP contribution in [-0.4, -0.2) is 4.98 Å². The Balaban J connectivity index is 1.97. The molecule has 2 N–H and O–H groups in total. The summed E-state index contributed by atoms with van der Waals surface area (Å²) in [5.41, 5.74) is 7.98. The van der Waals surface area contributed by atoms with Crippen LogP contribution in [0.2, 0.25) is 0 Å². The van der Waals surface area contributed by atoms with Crippen LogP contribution in [0, 0.1) is 11.8 Å². The van der Waals surface area contributed by atoms with Gasteiger partial charge in [-0.2, -0.15) is 0 Å². The average Bonchev–Trinajstić information content (AvgIpc) is 2.69. The van der Waals surface area contributed by atoms with Crippen LogP contribution >= 0.6 is 0 Å². The molecule has 0 bridgehead atoms. The zero-order valence-corrected chi connectivity index (χ0v) is 13.2. The average molecular weight is 282 g/mol. The molecule has 0 spiro atoms. The molecule has 1 aliphatic rings. The van der Waals surface area contributed by atoms with Crippen LogP contribution in [0.4, 0.5) is 0 Å². The summed E-state index contributed by atoms with van der Waals surface area (Å²) in [6.07, 6.45) is 9.80. The third-order valence-corrected chi connectivity index (χ3v) is 5.32. The van der Waals surface area contributed by atoms with E-state index in [1.807, 2.05) is 12.4 Å². The Hall–Kier alpha value is -1.41. The van der Waals surface area contributed by atoms with E-state index in [1.165, 1.54) is 35.6 Å². The quantitative estimate of drug-likeness (QED) is 0.816. The van der Waals surface area contributed by atoms with Crippen molar-refractivity contribution >= 4 is 10.8 Å². The van der Waals surface area contributed by atoms with Gasteiger partial charge in [0.1, 0.15) is 0 Å². The van der Waals surface area contributed by atoms with Crippen LogP contribution in [0.1, 0.15) is 51.5 Å². The largest absolute Gasteiger partial charge is 0.321 e. The Kier molecular flexibility index (Phi) is 3.99. The first-order chi connectivity index (χ1) is 10.1. The summed E-state index contributed by atoms with van der Waals surface area (Å²) in [7, 11) is 0.